The van der Waals surface area contributed by atoms with Crippen molar-refractivity contribution in [2.75, 3.05) is 5.32 Å². The lowest BCUT2D eigenvalue weighted by molar-refractivity contribution is 0.101. The van der Waals surface area contributed by atoms with E-state index in [-0.39, 0.29) is 10.9 Å². The molecule has 0 saturated heterocycles. The van der Waals surface area contributed by atoms with Gasteiger partial charge in [-0.05, 0) is 48.6 Å². The van der Waals surface area contributed by atoms with Gasteiger partial charge in [0.2, 0.25) is 0 Å². The lowest BCUT2D eigenvalue weighted by Gasteiger charge is -2.08. The van der Waals surface area contributed by atoms with Gasteiger partial charge in [0.1, 0.15) is 11.5 Å². The zero-order valence-corrected chi connectivity index (χ0v) is 11.8. The highest BCUT2D eigenvalue weighted by Gasteiger charge is 2.23. The third-order valence-electron chi connectivity index (χ3n) is 3.64. The maximum Gasteiger partial charge on any atom is 0.272 e. The van der Waals surface area contributed by atoms with E-state index in [9.17, 15) is 9.18 Å². The molecule has 0 fully saturated rings. The largest absolute Gasteiger partial charge is 0.346 e. The van der Waals surface area contributed by atoms with Crippen molar-refractivity contribution in [2.24, 2.45) is 7.05 Å². The second-order valence-electron chi connectivity index (χ2n) is 5.03. The van der Waals surface area contributed by atoms with Crippen molar-refractivity contribution in [3.8, 4) is 0 Å². The van der Waals surface area contributed by atoms with Gasteiger partial charge in [0.15, 0.2) is 0 Å². The summed E-state index contributed by atoms with van der Waals surface area (Å²) in [6.07, 6.45) is 5.06. The summed E-state index contributed by atoms with van der Waals surface area (Å²) in [5.41, 5.74) is 3.54. The van der Waals surface area contributed by atoms with Crippen LogP contribution in [0.25, 0.3) is 0 Å². The molecule has 1 aromatic heterocycles. The van der Waals surface area contributed by atoms with Gasteiger partial charge in [0.05, 0.1) is 5.02 Å². The van der Waals surface area contributed by atoms with Crippen molar-refractivity contribution in [1.82, 2.24) is 4.57 Å². The number of halogens is 2. The first kappa shape index (κ1) is 13.2. The van der Waals surface area contributed by atoms with Gasteiger partial charge < -0.3 is 9.88 Å². The molecule has 0 unspecified atom stereocenters. The number of nitrogens with one attached hydrogen (secondary N) is 1. The summed E-state index contributed by atoms with van der Waals surface area (Å²) in [7, 11) is 1.87. The van der Waals surface area contributed by atoms with Gasteiger partial charge in [-0.1, -0.05) is 11.6 Å². The lowest BCUT2D eigenvalue weighted by atomic mass is 10.1. The van der Waals surface area contributed by atoms with Crippen molar-refractivity contribution < 1.29 is 9.18 Å². The second-order valence-corrected chi connectivity index (χ2v) is 5.44. The SMILES string of the molecule is Cn1cc2c(c1C(=O)Nc1ccc(F)c(Cl)c1)CCC2. The fourth-order valence-corrected chi connectivity index (χ4v) is 2.93. The van der Waals surface area contributed by atoms with Gasteiger partial charge in [-0.2, -0.15) is 0 Å². The van der Waals surface area contributed by atoms with Gasteiger partial charge in [-0.25, -0.2) is 4.39 Å². The number of aryl methyl sites for hydroxylation is 2. The molecule has 0 spiro atoms. The second kappa shape index (κ2) is 4.94. The number of fused-ring (bicyclic) bond motifs is 1. The Morgan fingerprint density at radius 1 is 1.40 bits per heavy atom. The molecule has 1 aliphatic rings. The fraction of sp³-hybridized carbons (Fsp3) is 0.267. The van der Waals surface area contributed by atoms with E-state index in [4.69, 9.17) is 11.6 Å². The molecule has 0 aliphatic heterocycles. The number of aromatic nitrogens is 1. The van der Waals surface area contributed by atoms with Gasteiger partial charge in [-0.15, -0.1) is 0 Å². The number of benzene rings is 1. The van der Waals surface area contributed by atoms with Crippen molar-refractivity contribution in [3.05, 3.63) is 52.1 Å². The number of carbonyl (C=O) groups is 1. The molecule has 104 valence electrons. The van der Waals surface area contributed by atoms with E-state index in [1.807, 2.05) is 17.8 Å². The molecular weight excluding hydrogens is 279 g/mol. The zero-order valence-electron chi connectivity index (χ0n) is 11.0. The summed E-state index contributed by atoms with van der Waals surface area (Å²) in [6, 6.07) is 4.16. The standard InChI is InChI=1S/C15H14ClFN2O/c1-19-8-9-3-2-4-11(9)14(19)15(20)18-10-5-6-13(17)12(16)7-10/h5-8H,2-4H2,1H3,(H,18,20). The average molecular weight is 293 g/mol. The minimum absolute atomic E-state index is 0.0000833. The van der Waals surface area contributed by atoms with E-state index < -0.39 is 5.82 Å². The van der Waals surface area contributed by atoms with E-state index >= 15 is 0 Å². The molecule has 0 atom stereocenters. The minimum Gasteiger partial charge on any atom is -0.346 e. The van der Waals surface area contributed by atoms with Gasteiger partial charge in [0.25, 0.3) is 5.91 Å². The number of hydrogen-bond acceptors (Lipinski definition) is 1. The van der Waals surface area contributed by atoms with E-state index in [1.165, 1.54) is 23.8 Å². The third-order valence-corrected chi connectivity index (χ3v) is 3.93. The first-order valence-electron chi connectivity index (χ1n) is 6.49. The summed E-state index contributed by atoms with van der Waals surface area (Å²) >= 11 is 5.72. The maximum atomic E-state index is 13.1. The fourth-order valence-electron chi connectivity index (χ4n) is 2.75. The Morgan fingerprint density at radius 3 is 2.95 bits per heavy atom. The van der Waals surface area contributed by atoms with E-state index in [0.29, 0.717) is 11.4 Å². The van der Waals surface area contributed by atoms with E-state index in [0.717, 1.165) is 24.8 Å². The topological polar surface area (TPSA) is 34.0 Å². The highest BCUT2D eigenvalue weighted by atomic mass is 35.5. The van der Waals surface area contributed by atoms with Crippen LogP contribution in [0.4, 0.5) is 10.1 Å². The highest BCUT2D eigenvalue weighted by molar-refractivity contribution is 6.31. The van der Waals surface area contributed by atoms with Crippen LogP contribution in [-0.4, -0.2) is 10.5 Å². The molecule has 1 aliphatic carbocycles. The van der Waals surface area contributed by atoms with Crippen molar-refractivity contribution in [1.29, 1.82) is 0 Å². The van der Waals surface area contributed by atoms with Gasteiger partial charge in [0, 0.05) is 18.9 Å². The summed E-state index contributed by atoms with van der Waals surface area (Å²) in [5, 5.41) is 2.77. The monoisotopic (exact) mass is 292 g/mol. The van der Waals surface area contributed by atoms with Crippen molar-refractivity contribution in [2.45, 2.75) is 19.3 Å². The molecule has 20 heavy (non-hydrogen) atoms. The predicted octanol–water partition coefficient (Wildman–Crippen LogP) is 3.56. The quantitative estimate of drug-likeness (QED) is 0.902. The Balaban J connectivity index is 1.88. The third kappa shape index (κ3) is 2.20. The Bertz CT molecular complexity index is 693. The lowest BCUT2D eigenvalue weighted by Crippen LogP contribution is -2.17. The first-order chi connectivity index (χ1) is 9.56. The predicted molar refractivity (Wildman–Crippen MR) is 76.8 cm³/mol. The summed E-state index contributed by atoms with van der Waals surface area (Å²) in [5.74, 6) is -0.678. The highest BCUT2D eigenvalue weighted by Crippen LogP contribution is 2.27. The molecule has 0 bridgehead atoms. The molecule has 5 heteroatoms. The van der Waals surface area contributed by atoms with Crippen LogP contribution < -0.4 is 5.32 Å². The van der Waals surface area contributed by atoms with Gasteiger partial charge in [-0.3, -0.25) is 4.79 Å². The van der Waals surface area contributed by atoms with Crippen LogP contribution in [-0.2, 0) is 19.9 Å². The number of hydrogen-bond donors (Lipinski definition) is 1. The van der Waals surface area contributed by atoms with Crippen LogP contribution in [0.2, 0.25) is 5.02 Å². The molecule has 0 saturated carbocycles. The van der Waals surface area contributed by atoms with E-state index in [2.05, 4.69) is 5.32 Å². The molecular formula is C15H14ClFN2O. The minimum atomic E-state index is -0.496. The van der Waals surface area contributed by atoms with Crippen molar-refractivity contribution >= 4 is 23.2 Å². The summed E-state index contributed by atoms with van der Waals surface area (Å²) in [6.45, 7) is 0. The molecule has 3 nitrogen and oxygen atoms in total. The van der Waals surface area contributed by atoms with Crippen LogP contribution in [0, 0.1) is 5.82 Å². The molecule has 0 radical (unpaired) electrons. The van der Waals surface area contributed by atoms with E-state index in [1.54, 1.807) is 0 Å². The Morgan fingerprint density at radius 2 is 2.20 bits per heavy atom. The van der Waals surface area contributed by atoms with Gasteiger partial charge >= 0.3 is 0 Å². The summed E-state index contributed by atoms with van der Waals surface area (Å²) < 4.78 is 15.0. The zero-order chi connectivity index (χ0) is 14.3. The molecule has 1 aromatic carbocycles. The van der Waals surface area contributed by atoms with Crippen LogP contribution in [0.1, 0.15) is 28.0 Å². The number of rotatable bonds is 2. The Labute approximate surface area is 121 Å². The normalized spacial score (nSPS) is 13.3. The van der Waals surface area contributed by atoms with Crippen LogP contribution in [0.5, 0.6) is 0 Å². The molecule has 1 N–H and O–H groups in total. The number of anilines is 1. The van der Waals surface area contributed by atoms with Crippen molar-refractivity contribution in [3.63, 3.8) is 0 Å². The first-order valence-corrected chi connectivity index (χ1v) is 6.87. The Hall–Kier alpha value is -1.81. The number of amides is 1. The molecule has 3 rings (SSSR count). The van der Waals surface area contributed by atoms with Crippen LogP contribution in [0.15, 0.2) is 24.4 Å². The molecule has 1 amide bonds. The van der Waals surface area contributed by atoms with Crippen LogP contribution in [0.3, 0.4) is 0 Å². The smallest absolute Gasteiger partial charge is 0.272 e. The number of nitrogens with zero attached hydrogens (tertiary/aromatic N) is 1. The maximum absolute atomic E-state index is 13.1. The summed E-state index contributed by atoms with van der Waals surface area (Å²) in [4.78, 5) is 12.4. The average Bonchev–Trinajstić information content (AvgIpc) is 2.93. The molecule has 2 aromatic rings. The number of carbonyl (C=O) groups excluding carboxylic acids is 1. The Kier molecular flexibility index (Phi) is 3.26. The molecule has 1 heterocycles. The van der Waals surface area contributed by atoms with Crippen LogP contribution >= 0.6 is 11.6 Å².